The summed E-state index contributed by atoms with van der Waals surface area (Å²) in [5, 5.41) is 0. The largest absolute Gasteiger partial charge is 0.369 e. The van der Waals surface area contributed by atoms with Gasteiger partial charge in [-0.25, -0.2) is 4.99 Å². The SMILES string of the molecule is CN1C(=O)CC(C)(C)N=C1N. The van der Waals surface area contributed by atoms with Gasteiger partial charge in [0.15, 0.2) is 5.96 Å². The Morgan fingerprint density at radius 3 is 2.64 bits per heavy atom. The molecule has 1 aliphatic rings. The van der Waals surface area contributed by atoms with E-state index in [0.29, 0.717) is 12.4 Å². The Hall–Kier alpha value is -1.06. The van der Waals surface area contributed by atoms with Gasteiger partial charge in [0, 0.05) is 7.05 Å². The smallest absolute Gasteiger partial charge is 0.231 e. The number of nitrogens with two attached hydrogens (primary N) is 1. The van der Waals surface area contributed by atoms with Crippen molar-refractivity contribution < 1.29 is 4.79 Å². The van der Waals surface area contributed by atoms with E-state index in [9.17, 15) is 4.79 Å². The highest BCUT2D eigenvalue weighted by atomic mass is 16.2. The van der Waals surface area contributed by atoms with E-state index in [1.54, 1.807) is 7.05 Å². The molecule has 4 nitrogen and oxygen atoms in total. The summed E-state index contributed by atoms with van der Waals surface area (Å²) in [6.45, 7) is 3.79. The van der Waals surface area contributed by atoms with Crippen molar-refractivity contribution in [1.29, 1.82) is 0 Å². The van der Waals surface area contributed by atoms with Crippen molar-refractivity contribution in [3.63, 3.8) is 0 Å². The van der Waals surface area contributed by atoms with Crippen molar-refractivity contribution in [3.8, 4) is 0 Å². The van der Waals surface area contributed by atoms with Gasteiger partial charge in [-0.15, -0.1) is 0 Å². The first-order valence-electron chi connectivity index (χ1n) is 3.54. The molecule has 62 valence electrons. The van der Waals surface area contributed by atoms with Gasteiger partial charge < -0.3 is 5.73 Å². The van der Waals surface area contributed by atoms with Crippen LogP contribution in [0.5, 0.6) is 0 Å². The average Bonchev–Trinajstić information content (AvgIpc) is 1.81. The van der Waals surface area contributed by atoms with E-state index in [4.69, 9.17) is 5.73 Å². The minimum atomic E-state index is -0.326. The maximum absolute atomic E-state index is 11.2. The Labute approximate surface area is 66.1 Å². The standard InChI is InChI=1S/C7H13N3O/c1-7(2)4-5(11)10(3)6(8)9-7/h4H2,1-3H3,(H2,8,9). The summed E-state index contributed by atoms with van der Waals surface area (Å²) in [7, 11) is 1.64. The highest BCUT2D eigenvalue weighted by molar-refractivity contribution is 5.98. The number of carbonyl (C=O) groups excluding carboxylic acids is 1. The molecule has 0 aromatic heterocycles. The lowest BCUT2D eigenvalue weighted by molar-refractivity contribution is -0.128. The zero-order chi connectivity index (χ0) is 8.65. The number of carbonyl (C=O) groups is 1. The first-order chi connectivity index (χ1) is 4.92. The Balaban J connectivity index is 2.94. The summed E-state index contributed by atoms with van der Waals surface area (Å²) < 4.78 is 0. The number of hydrogen-bond acceptors (Lipinski definition) is 3. The molecule has 0 aromatic carbocycles. The number of aliphatic imine (C=N–C) groups is 1. The molecule has 4 heteroatoms. The lowest BCUT2D eigenvalue weighted by Crippen LogP contribution is -2.47. The maximum atomic E-state index is 11.2. The molecule has 0 aliphatic carbocycles. The lowest BCUT2D eigenvalue weighted by Gasteiger charge is -2.29. The van der Waals surface area contributed by atoms with Crippen LogP contribution in [0.4, 0.5) is 0 Å². The number of amides is 1. The van der Waals surface area contributed by atoms with Crippen LogP contribution in [0, 0.1) is 0 Å². The molecule has 2 N–H and O–H groups in total. The molecule has 0 unspecified atom stereocenters. The fourth-order valence-electron chi connectivity index (χ4n) is 1.04. The van der Waals surface area contributed by atoms with Crippen LogP contribution in [-0.4, -0.2) is 29.4 Å². The third kappa shape index (κ3) is 1.50. The van der Waals surface area contributed by atoms with E-state index in [0.717, 1.165) is 0 Å². The molecule has 0 bridgehead atoms. The van der Waals surface area contributed by atoms with Crippen molar-refractivity contribution in [2.75, 3.05) is 7.05 Å². The topological polar surface area (TPSA) is 58.7 Å². The number of hydrogen-bond donors (Lipinski definition) is 1. The third-order valence-corrected chi connectivity index (χ3v) is 1.72. The van der Waals surface area contributed by atoms with E-state index in [-0.39, 0.29) is 11.4 Å². The minimum absolute atomic E-state index is 0.0301. The Morgan fingerprint density at radius 1 is 1.64 bits per heavy atom. The summed E-state index contributed by atoms with van der Waals surface area (Å²) in [6, 6.07) is 0. The summed E-state index contributed by atoms with van der Waals surface area (Å²) in [6.07, 6.45) is 0.435. The highest BCUT2D eigenvalue weighted by Crippen LogP contribution is 2.19. The van der Waals surface area contributed by atoms with Crippen LogP contribution in [0.2, 0.25) is 0 Å². The summed E-state index contributed by atoms with van der Waals surface area (Å²) in [5.41, 5.74) is 5.17. The fraction of sp³-hybridized carbons (Fsp3) is 0.714. The first-order valence-corrected chi connectivity index (χ1v) is 3.54. The van der Waals surface area contributed by atoms with Gasteiger partial charge in [0.1, 0.15) is 0 Å². The average molecular weight is 155 g/mol. The molecule has 0 radical (unpaired) electrons. The predicted molar refractivity (Wildman–Crippen MR) is 43.1 cm³/mol. The van der Waals surface area contributed by atoms with E-state index >= 15 is 0 Å². The van der Waals surface area contributed by atoms with E-state index in [2.05, 4.69) is 4.99 Å². The molecule has 0 saturated carbocycles. The highest BCUT2D eigenvalue weighted by Gasteiger charge is 2.29. The van der Waals surface area contributed by atoms with Crippen LogP contribution in [0.15, 0.2) is 4.99 Å². The Morgan fingerprint density at radius 2 is 2.18 bits per heavy atom. The number of rotatable bonds is 0. The van der Waals surface area contributed by atoms with Gasteiger partial charge in [-0.1, -0.05) is 0 Å². The predicted octanol–water partition coefficient (Wildman–Crippen LogP) is -0.0582. The molecule has 1 heterocycles. The third-order valence-electron chi connectivity index (χ3n) is 1.72. The van der Waals surface area contributed by atoms with Crippen molar-refractivity contribution >= 4 is 11.9 Å². The van der Waals surface area contributed by atoms with Crippen molar-refractivity contribution in [2.45, 2.75) is 25.8 Å². The van der Waals surface area contributed by atoms with Crippen LogP contribution in [0.25, 0.3) is 0 Å². The summed E-state index contributed by atoms with van der Waals surface area (Å²) in [4.78, 5) is 16.7. The molecular weight excluding hydrogens is 142 g/mol. The second-order valence-electron chi connectivity index (χ2n) is 3.41. The van der Waals surface area contributed by atoms with Crippen molar-refractivity contribution in [2.24, 2.45) is 10.7 Å². The molecule has 0 aromatic rings. The van der Waals surface area contributed by atoms with Gasteiger partial charge >= 0.3 is 0 Å². The van der Waals surface area contributed by atoms with Crippen LogP contribution in [0.3, 0.4) is 0 Å². The summed E-state index contributed by atoms with van der Waals surface area (Å²) in [5.74, 6) is 0.341. The Bertz CT molecular complexity index is 220. The van der Waals surface area contributed by atoms with Gasteiger partial charge in [0.2, 0.25) is 5.91 Å². The second kappa shape index (κ2) is 2.22. The van der Waals surface area contributed by atoms with Gasteiger partial charge in [0.05, 0.1) is 12.0 Å². The molecule has 11 heavy (non-hydrogen) atoms. The number of nitrogens with zero attached hydrogens (tertiary/aromatic N) is 2. The number of guanidine groups is 1. The molecule has 0 saturated heterocycles. The molecule has 0 spiro atoms. The van der Waals surface area contributed by atoms with Gasteiger partial charge in [-0.2, -0.15) is 0 Å². The lowest BCUT2D eigenvalue weighted by atomic mass is 9.99. The fourth-order valence-corrected chi connectivity index (χ4v) is 1.04. The van der Waals surface area contributed by atoms with Crippen LogP contribution in [0.1, 0.15) is 20.3 Å². The van der Waals surface area contributed by atoms with E-state index in [1.807, 2.05) is 13.8 Å². The monoisotopic (exact) mass is 155 g/mol. The van der Waals surface area contributed by atoms with Crippen LogP contribution >= 0.6 is 0 Å². The van der Waals surface area contributed by atoms with Gasteiger partial charge in [-0.3, -0.25) is 9.69 Å². The van der Waals surface area contributed by atoms with Gasteiger partial charge in [0.25, 0.3) is 0 Å². The molecule has 0 fully saturated rings. The Kier molecular flexibility index (Phi) is 1.62. The molecule has 0 atom stereocenters. The summed E-state index contributed by atoms with van der Waals surface area (Å²) >= 11 is 0. The quantitative estimate of drug-likeness (QED) is 0.533. The van der Waals surface area contributed by atoms with Crippen LogP contribution in [-0.2, 0) is 4.79 Å². The van der Waals surface area contributed by atoms with Gasteiger partial charge in [-0.05, 0) is 13.8 Å². The zero-order valence-electron chi connectivity index (χ0n) is 7.09. The zero-order valence-corrected chi connectivity index (χ0v) is 7.09. The molecule has 1 aliphatic heterocycles. The molecular formula is C7H13N3O. The normalized spacial score (nSPS) is 23.4. The minimum Gasteiger partial charge on any atom is -0.369 e. The van der Waals surface area contributed by atoms with E-state index in [1.165, 1.54) is 4.90 Å². The van der Waals surface area contributed by atoms with E-state index < -0.39 is 0 Å². The molecule has 1 amide bonds. The second-order valence-corrected chi connectivity index (χ2v) is 3.41. The molecule has 1 rings (SSSR count). The first kappa shape index (κ1) is 8.04. The van der Waals surface area contributed by atoms with Crippen LogP contribution < -0.4 is 5.73 Å². The van der Waals surface area contributed by atoms with Crippen molar-refractivity contribution in [1.82, 2.24) is 4.90 Å². The maximum Gasteiger partial charge on any atom is 0.231 e. The van der Waals surface area contributed by atoms with Crippen molar-refractivity contribution in [3.05, 3.63) is 0 Å².